The molecule has 1 unspecified atom stereocenters. The van der Waals surface area contributed by atoms with Crippen molar-refractivity contribution in [3.8, 4) is 0 Å². The van der Waals surface area contributed by atoms with Gasteiger partial charge in [0.25, 0.3) is 0 Å². The maximum absolute atomic E-state index is 12.3. The van der Waals surface area contributed by atoms with E-state index in [9.17, 15) is 31.5 Å². The number of carbonyl (C=O) groups excluding carboxylic acids is 1. The highest BCUT2D eigenvalue weighted by atomic mass is 19.4. The first kappa shape index (κ1) is 14.6. The molecule has 0 heterocycles. The van der Waals surface area contributed by atoms with Crippen molar-refractivity contribution in [1.82, 2.24) is 0 Å². The van der Waals surface area contributed by atoms with E-state index in [0.717, 1.165) is 6.92 Å². The topological polar surface area (TPSA) is 63.6 Å². The summed E-state index contributed by atoms with van der Waals surface area (Å²) in [5, 5.41) is 8.16. The smallest absolute Gasteiger partial charge is 0.465 e. The van der Waals surface area contributed by atoms with Gasteiger partial charge in [0, 0.05) is 0 Å². The van der Waals surface area contributed by atoms with Crippen molar-refractivity contribution in [2.75, 3.05) is 0 Å². The predicted molar refractivity (Wildman–Crippen MR) is 38.8 cm³/mol. The summed E-state index contributed by atoms with van der Waals surface area (Å²) < 4.78 is 63.1. The molecular formula is C7H7F5O4. The molecule has 0 spiro atoms. The van der Waals surface area contributed by atoms with Crippen molar-refractivity contribution >= 4 is 11.9 Å². The van der Waals surface area contributed by atoms with Crippen LogP contribution >= 0.6 is 0 Å². The molecule has 4 nitrogen and oxygen atoms in total. The van der Waals surface area contributed by atoms with Crippen LogP contribution in [0.4, 0.5) is 22.0 Å². The summed E-state index contributed by atoms with van der Waals surface area (Å²) in [5.41, 5.74) is 0. The van der Waals surface area contributed by atoms with Gasteiger partial charge < -0.3 is 9.84 Å². The zero-order valence-electron chi connectivity index (χ0n) is 7.85. The van der Waals surface area contributed by atoms with Crippen LogP contribution in [-0.4, -0.2) is 35.2 Å². The van der Waals surface area contributed by atoms with Crippen LogP contribution in [0.25, 0.3) is 0 Å². The lowest BCUT2D eigenvalue weighted by molar-refractivity contribution is -0.282. The molecule has 0 saturated heterocycles. The van der Waals surface area contributed by atoms with Crippen molar-refractivity contribution in [3.05, 3.63) is 0 Å². The number of alkyl halides is 5. The van der Waals surface area contributed by atoms with E-state index in [4.69, 9.17) is 5.11 Å². The first-order chi connectivity index (χ1) is 6.98. The van der Waals surface area contributed by atoms with E-state index in [1.54, 1.807) is 0 Å². The molecule has 1 N–H and O–H groups in total. The van der Waals surface area contributed by atoms with Crippen LogP contribution < -0.4 is 0 Å². The molecule has 0 rings (SSSR count). The second-order valence-electron chi connectivity index (χ2n) is 2.89. The number of carboxylic acids is 1. The van der Waals surface area contributed by atoms with Gasteiger partial charge in [-0.15, -0.1) is 0 Å². The van der Waals surface area contributed by atoms with Crippen molar-refractivity contribution in [3.63, 3.8) is 0 Å². The number of carbonyl (C=O) groups is 2. The highest BCUT2D eigenvalue weighted by Gasteiger charge is 2.65. The molecule has 9 heteroatoms. The molecule has 0 radical (unpaired) electrons. The summed E-state index contributed by atoms with van der Waals surface area (Å²) in [4.78, 5) is 20.5. The Labute approximate surface area is 86.0 Å². The van der Waals surface area contributed by atoms with Crippen molar-refractivity contribution < 1.29 is 41.4 Å². The molecule has 0 bridgehead atoms. The minimum Gasteiger partial charge on any atom is -0.481 e. The van der Waals surface area contributed by atoms with E-state index in [2.05, 4.69) is 4.74 Å². The summed E-state index contributed by atoms with van der Waals surface area (Å²) in [6.07, 6.45) is -8.49. The molecule has 0 saturated carbocycles. The molecule has 0 aliphatic rings. The predicted octanol–water partition coefficient (Wildman–Crippen LogP) is 1.59. The largest absolute Gasteiger partial charge is 0.481 e. The van der Waals surface area contributed by atoms with E-state index in [1.165, 1.54) is 0 Å². The van der Waals surface area contributed by atoms with Gasteiger partial charge in [-0.1, -0.05) is 0 Å². The Balaban J connectivity index is 4.53. The number of halogens is 5. The lowest BCUT2D eigenvalue weighted by Gasteiger charge is -2.19. The first-order valence-corrected chi connectivity index (χ1v) is 3.86. The standard InChI is InChI=1S/C7H7F5O4/c1-3(2-4(13)14)16-5(15)6(8,9)7(10,11)12/h3H,2H2,1H3,(H,13,14). The van der Waals surface area contributed by atoms with Gasteiger partial charge in [0.1, 0.15) is 6.10 Å². The third-order valence-electron chi connectivity index (χ3n) is 1.38. The minimum atomic E-state index is -6.06. The van der Waals surface area contributed by atoms with Crippen LogP contribution in [-0.2, 0) is 14.3 Å². The Hall–Kier alpha value is -1.41. The molecule has 0 aromatic heterocycles. The van der Waals surface area contributed by atoms with Gasteiger partial charge in [-0.25, -0.2) is 4.79 Å². The average Bonchev–Trinajstić information content (AvgIpc) is 1.99. The van der Waals surface area contributed by atoms with Crippen molar-refractivity contribution in [2.45, 2.75) is 31.5 Å². The van der Waals surface area contributed by atoms with Crippen LogP contribution in [0.15, 0.2) is 0 Å². The monoisotopic (exact) mass is 250 g/mol. The van der Waals surface area contributed by atoms with Crippen molar-refractivity contribution in [1.29, 1.82) is 0 Å². The highest BCUT2D eigenvalue weighted by Crippen LogP contribution is 2.36. The number of hydrogen-bond donors (Lipinski definition) is 1. The number of carboxylic acid groups (broad SMARTS) is 1. The molecule has 0 amide bonds. The van der Waals surface area contributed by atoms with E-state index < -0.39 is 36.6 Å². The zero-order chi connectivity index (χ0) is 13.1. The maximum Gasteiger partial charge on any atom is 0.465 e. The van der Waals surface area contributed by atoms with Gasteiger partial charge in [0.15, 0.2) is 0 Å². The molecule has 0 aromatic carbocycles. The fraction of sp³-hybridized carbons (Fsp3) is 0.714. The van der Waals surface area contributed by atoms with Gasteiger partial charge in [-0.3, -0.25) is 4.79 Å². The van der Waals surface area contributed by atoms with E-state index in [0.29, 0.717) is 0 Å². The fourth-order valence-corrected chi connectivity index (χ4v) is 0.660. The van der Waals surface area contributed by atoms with Crippen LogP contribution in [0, 0.1) is 0 Å². The van der Waals surface area contributed by atoms with Crippen LogP contribution in [0.2, 0.25) is 0 Å². The van der Waals surface area contributed by atoms with Crippen LogP contribution in [0.3, 0.4) is 0 Å². The second-order valence-corrected chi connectivity index (χ2v) is 2.89. The Morgan fingerprint density at radius 2 is 1.69 bits per heavy atom. The van der Waals surface area contributed by atoms with E-state index in [-0.39, 0.29) is 0 Å². The maximum atomic E-state index is 12.3. The van der Waals surface area contributed by atoms with Gasteiger partial charge in [0.2, 0.25) is 0 Å². The van der Waals surface area contributed by atoms with E-state index >= 15 is 0 Å². The van der Waals surface area contributed by atoms with Gasteiger partial charge in [-0.05, 0) is 6.92 Å². The SMILES string of the molecule is CC(CC(=O)O)OC(=O)C(F)(F)C(F)(F)F. The van der Waals surface area contributed by atoms with Gasteiger partial charge in [-0.2, -0.15) is 22.0 Å². The fourth-order valence-electron chi connectivity index (χ4n) is 0.660. The summed E-state index contributed by atoms with van der Waals surface area (Å²) in [6, 6.07) is 0. The third-order valence-corrected chi connectivity index (χ3v) is 1.38. The number of esters is 1. The normalized spacial score (nSPS) is 14.4. The second kappa shape index (κ2) is 4.62. The molecule has 1 atom stereocenters. The minimum absolute atomic E-state index is 0.861. The first-order valence-electron chi connectivity index (χ1n) is 3.86. The highest BCUT2D eigenvalue weighted by molar-refractivity contribution is 5.79. The number of ether oxygens (including phenoxy) is 1. The Morgan fingerprint density at radius 3 is 2.00 bits per heavy atom. The zero-order valence-corrected chi connectivity index (χ0v) is 7.85. The summed E-state index contributed by atoms with van der Waals surface area (Å²) >= 11 is 0. The molecule has 0 aliphatic heterocycles. The summed E-state index contributed by atoms with van der Waals surface area (Å²) in [5.74, 6) is -9.94. The third kappa shape index (κ3) is 3.63. The quantitative estimate of drug-likeness (QED) is 0.607. The molecule has 0 fully saturated rings. The molecule has 16 heavy (non-hydrogen) atoms. The number of aliphatic carboxylic acids is 1. The lowest BCUT2D eigenvalue weighted by Crippen LogP contribution is -2.46. The van der Waals surface area contributed by atoms with Crippen LogP contribution in [0.1, 0.15) is 13.3 Å². The number of hydrogen-bond acceptors (Lipinski definition) is 3. The molecule has 94 valence electrons. The van der Waals surface area contributed by atoms with Crippen LogP contribution in [0.5, 0.6) is 0 Å². The van der Waals surface area contributed by atoms with Gasteiger partial charge >= 0.3 is 24.0 Å². The Morgan fingerprint density at radius 1 is 1.25 bits per heavy atom. The Kier molecular flexibility index (Phi) is 4.21. The van der Waals surface area contributed by atoms with Gasteiger partial charge in [0.05, 0.1) is 6.42 Å². The van der Waals surface area contributed by atoms with Crippen molar-refractivity contribution in [2.24, 2.45) is 0 Å². The lowest BCUT2D eigenvalue weighted by atomic mass is 10.3. The Bertz CT molecular complexity index is 285. The summed E-state index contributed by atoms with van der Waals surface area (Å²) in [6.45, 7) is 0.887. The van der Waals surface area contributed by atoms with E-state index in [1.807, 2.05) is 0 Å². The number of rotatable bonds is 4. The molecular weight excluding hydrogens is 243 g/mol. The summed E-state index contributed by atoms with van der Waals surface area (Å²) in [7, 11) is 0. The average molecular weight is 250 g/mol. The molecule has 0 aromatic rings. The molecule has 0 aliphatic carbocycles.